The van der Waals surface area contributed by atoms with Crippen LogP contribution in [-0.4, -0.2) is 32.8 Å². The van der Waals surface area contributed by atoms with E-state index >= 15 is 0 Å². The van der Waals surface area contributed by atoms with E-state index in [-0.39, 0.29) is 18.1 Å². The summed E-state index contributed by atoms with van der Waals surface area (Å²) in [6, 6.07) is 15.2. The molecule has 1 fully saturated rings. The monoisotopic (exact) mass is 341 g/mol. The Kier molecular flexibility index (Phi) is 5.56. The average Bonchev–Trinajstić information content (AvgIpc) is 3.21. The number of ether oxygens (including phenoxy) is 3. The summed E-state index contributed by atoms with van der Waals surface area (Å²) in [6.07, 6.45) is 1.33. The Labute approximate surface area is 147 Å². The van der Waals surface area contributed by atoms with Gasteiger partial charge in [-0.05, 0) is 48.2 Å². The van der Waals surface area contributed by atoms with Crippen LogP contribution in [0.1, 0.15) is 30.0 Å². The molecular formula is C20H23NO4. The standard InChI is InChI=1S/C20H23NO4/c1-23-16-9-5-14(6-10-16)19(15-7-11-17(24-2)12-8-15)21-20(22)18-4-3-13-25-18/h5-12,18-19H,3-4,13H2,1-2H3,(H,21,22). The van der Waals surface area contributed by atoms with Crippen LogP contribution in [-0.2, 0) is 9.53 Å². The maximum Gasteiger partial charge on any atom is 0.249 e. The van der Waals surface area contributed by atoms with E-state index in [0.717, 1.165) is 35.5 Å². The van der Waals surface area contributed by atoms with Crippen molar-refractivity contribution in [1.29, 1.82) is 0 Å². The maximum atomic E-state index is 12.6. The Bertz CT molecular complexity index is 643. The van der Waals surface area contributed by atoms with Crippen molar-refractivity contribution in [3.63, 3.8) is 0 Å². The quantitative estimate of drug-likeness (QED) is 0.877. The van der Waals surface area contributed by atoms with Gasteiger partial charge in [0.1, 0.15) is 17.6 Å². The molecular weight excluding hydrogens is 318 g/mol. The molecule has 1 aliphatic heterocycles. The van der Waals surface area contributed by atoms with Crippen LogP contribution in [0.15, 0.2) is 48.5 Å². The van der Waals surface area contributed by atoms with Crippen molar-refractivity contribution in [2.24, 2.45) is 0 Å². The van der Waals surface area contributed by atoms with Gasteiger partial charge in [0.2, 0.25) is 5.91 Å². The summed E-state index contributed by atoms with van der Waals surface area (Å²) in [5.41, 5.74) is 1.97. The Hall–Kier alpha value is -2.53. The van der Waals surface area contributed by atoms with Gasteiger partial charge >= 0.3 is 0 Å². The lowest BCUT2D eigenvalue weighted by atomic mass is 9.98. The number of benzene rings is 2. The lowest BCUT2D eigenvalue weighted by molar-refractivity contribution is -0.130. The van der Waals surface area contributed by atoms with Crippen molar-refractivity contribution in [3.8, 4) is 11.5 Å². The van der Waals surface area contributed by atoms with Gasteiger partial charge in [0.25, 0.3) is 0 Å². The molecule has 25 heavy (non-hydrogen) atoms. The minimum Gasteiger partial charge on any atom is -0.497 e. The molecule has 1 atom stereocenters. The Morgan fingerprint density at radius 1 is 1.00 bits per heavy atom. The van der Waals surface area contributed by atoms with E-state index in [1.54, 1.807) is 14.2 Å². The largest absolute Gasteiger partial charge is 0.497 e. The van der Waals surface area contributed by atoms with Gasteiger partial charge in [-0.3, -0.25) is 4.79 Å². The molecule has 0 aliphatic carbocycles. The minimum absolute atomic E-state index is 0.0749. The second kappa shape index (κ2) is 8.03. The molecule has 1 heterocycles. The molecule has 2 aromatic rings. The highest BCUT2D eigenvalue weighted by Crippen LogP contribution is 2.26. The van der Waals surface area contributed by atoms with Crippen LogP contribution in [0, 0.1) is 0 Å². The number of hydrogen-bond acceptors (Lipinski definition) is 4. The highest BCUT2D eigenvalue weighted by Gasteiger charge is 2.26. The van der Waals surface area contributed by atoms with Crippen molar-refractivity contribution < 1.29 is 19.0 Å². The van der Waals surface area contributed by atoms with Gasteiger partial charge in [-0.1, -0.05) is 24.3 Å². The summed E-state index contributed by atoms with van der Waals surface area (Å²) >= 11 is 0. The van der Waals surface area contributed by atoms with Gasteiger partial charge in [-0.15, -0.1) is 0 Å². The smallest absolute Gasteiger partial charge is 0.249 e. The van der Waals surface area contributed by atoms with E-state index in [4.69, 9.17) is 14.2 Å². The fourth-order valence-corrected chi connectivity index (χ4v) is 2.97. The lowest BCUT2D eigenvalue weighted by Crippen LogP contribution is -2.37. The van der Waals surface area contributed by atoms with Crippen LogP contribution < -0.4 is 14.8 Å². The lowest BCUT2D eigenvalue weighted by Gasteiger charge is -2.22. The van der Waals surface area contributed by atoms with Crippen molar-refractivity contribution in [2.75, 3.05) is 20.8 Å². The van der Waals surface area contributed by atoms with Crippen molar-refractivity contribution in [1.82, 2.24) is 5.32 Å². The van der Waals surface area contributed by atoms with E-state index < -0.39 is 0 Å². The van der Waals surface area contributed by atoms with E-state index in [0.29, 0.717) is 6.61 Å². The van der Waals surface area contributed by atoms with E-state index in [9.17, 15) is 4.79 Å². The molecule has 1 amide bonds. The topological polar surface area (TPSA) is 56.8 Å². The first-order valence-corrected chi connectivity index (χ1v) is 8.41. The molecule has 0 radical (unpaired) electrons. The summed E-state index contributed by atoms with van der Waals surface area (Å²) in [6.45, 7) is 0.647. The van der Waals surface area contributed by atoms with Gasteiger partial charge in [0.15, 0.2) is 0 Å². The zero-order valence-corrected chi connectivity index (χ0v) is 14.5. The zero-order chi connectivity index (χ0) is 17.6. The molecule has 0 bridgehead atoms. The van der Waals surface area contributed by atoms with Crippen molar-refractivity contribution >= 4 is 5.91 Å². The van der Waals surface area contributed by atoms with E-state index in [2.05, 4.69) is 5.32 Å². The number of carbonyl (C=O) groups is 1. The number of nitrogens with one attached hydrogen (secondary N) is 1. The Morgan fingerprint density at radius 3 is 1.92 bits per heavy atom. The third-order valence-corrected chi connectivity index (χ3v) is 4.41. The second-order valence-electron chi connectivity index (χ2n) is 5.99. The molecule has 132 valence electrons. The van der Waals surface area contributed by atoms with Crippen LogP contribution in [0.25, 0.3) is 0 Å². The zero-order valence-electron chi connectivity index (χ0n) is 14.5. The number of amides is 1. The molecule has 3 rings (SSSR count). The Balaban J connectivity index is 1.87. The summed E-state index contributed by atoms with van der Waals surface area (Å²) in [5.74, 6) is 1.49. The van der Waals surface area contributed by atoms with Gasteiger partial charge < -0.3 is 19.5 Å². The van der Waals surface area contributed by atoms with Crippen LogP contribution in [0.4, 0.5) is 0 Å². The molecule has 1 unspecified atom stereocenters. The average molecular weight is 341 g/mol. The first-order valence-electron chi connectivity index (χ1n) is 8.41. The predicted octanol–water partition coefficient (Wildman–Crippen LogP) is 3.09. The predicted molar refractivity (Wildman–Crippen MR) is 94.9 cm³/mol. The summed E-state index contributed by atoms with van der Waals surface area (Å²) in [7, 11) is 3.27. The minimum atomic E-state index is -0.362. The van der Waals surface area contributed by atoms with E-state index in [1.807, 2.05) is 48.5 Å². The number of hydrogen-bond donors (Lipinski definition) is 1. The molecule has 0 spiro atoms. The van der Waals surface area contributed by atoms with Crippen LogP contribution in [0.3, 0.4) is 0 Å². The fraction of sp³-hybridized carbons (Fsp3) is 0.350. The molecule has 2 aromatic carbocycles. The molecule has 5 nitrogen and oxygen atoms in total. The number of rotatable bonds is 6. The molecule has 1 N–H and O–H groups in total. The van der Waals surface area contributed by atoms with Crippen molar-refractivity contribution in [2.45, 2.75) is 25.0 Å². The third kappa shape index (κ3) is 4.12. The third-order valence-electron chi connectivity index (χ3n) is 4.41. The van der Waals surface area contributed by atoms with Gasteiger partial charge in [0.05, 0.1) is 20.3 Å². The van der Waals surface area contributed by atoms with Crippen LogP contribution in [0.2, 0.25) is 0 Å². The molecule has 0 aromatic heterocycles. The SMILES string of the molecule is COc1ccc(C(NC(=O)C2CCCO2)c2ccc(OC)cc2)cc1. The van der Waals surface area contributed by atoms with E-state index in [1.165, 1.54) is 0 Å². The van der Waals surface area contributed by atoms with Crippen molar-refractivity contribution in [3.05, 3.63) is 59.7 Å². The highest BCUT2D eigenvalue weighted by molar-refractivity contribution is 5.81. The van der Waals surface area contributed by atoms with Gasteiger partial charge in [-0.2, -0.15) is 0 Å². The molecule has 5 heteroatoms. The van der Waals surface area contributed by atoms with Gasteiger partial charge in [-0.25, -0.2) is 0 Å². The fourth-order valence-electron chi connectivity index (χ4n) is 2.97. The van der Waals surface area contributed by atoms with Gasteiger partial charge in [0, 0.05) is 6.61 Å². The maximum absolute atomic E-state index is 12.6. The summed E-state index contributed by atoms with van der Waals surface area (Å²) < 4.78 is 16.0. The highest BCUT2D eigenvalue weighted by atomic mass is 16.5. The Morgan fingerprint density at radius 2 is 1.52 bits per heavy atom. The van der Waals surface area contributed by atoms with Crippen LogP contribution in [0.5, 0.6) is 11.5 Å². The summed E-state index contributed by atoms with van der Waals surface area (Å²) in [4.78, 5) is 12.6. The molecule has 1 aliphatic rings. The molecule has 0 saturated carbocycles. The number of methoxy groups -OCH3 is 2. The number of carbonyl (C=O) groups excluding carboxylic acids is 1. The first-order chi connectivity index (χ1) is 12.2. The second-order valence-corrected chi connectivity index (χ2v) is 5.99. The first kappa shape index (κ1) is 17.3. The normalized spacial score (nSPS) is 16.7. The molecule has 1 saturated heterocycles. The van der Waals surface area contributed by atoms with Crippen LogP contribution >= 0.6 is 0 Å². The summed E-state index contributed by atoms with van der Waals surface area (Å²) in [5, 5.41) is 3.12.